The Bertz CT molecular complexity index is 1290. The molecule has 0 unspecified atom stereocenters. The van der Waals surface area contributed by atoms with Gasteiger partial charge in [0, 0.05) is 19.3 Å². The first-order valence-electron chi connectivity index (χ1n) is 29.4. The molecule has 0 aliphatic carbocycles. The van der Waals surface area contributed by atoms with Gasteiger partial charge in [-0.3, -0.25) is 14.4 Å². The van der Waals surface area contributed by atoms with Gasteiger partial charge in [0.1, 0.15) is 13.2 Å². The molecule has 0 fully saturated rings. The predicted octanol–water partition coefficient (Wildman–Crippen LogP) is 19.8. The topological polar surface area (TPSA) is 78.9 Å². The fraction of sp³-hybridized carbons (Fsp3) is 0.762. The Morgan fingerprint density at radius 3 is 0.942 bits per heavy atom. The zero-order valence-electron chi connectivity index (χ0n) is 45.6. The molecule has 6 nitrogen and oxygen atoms in total. The van der Waals surface area contributed by atoms with Gasteiger partial charge in [-0.2, -0.15) is 0 Å². The Balaban J connectivity index is 4.41. The number of hydrogen-bond acceptors (Lipinski definition) is 6. The van der Waals surface area contributed by atoms with Crippen LogP contribution in [0.4, 0.5) is 0 Å². The second-order valence-corrected chi connectivity index (χ2v) is 19.5. The summed E-state index contributed by atoms with van der Waals surface area (Å²) in [5.74, 6) is -0.924. The van der Waals surface area contributed by atoms with E-state index in [1.54, 1.807) is 0 Å². The molecule has 6 heteroatoms. The highest BCUT2D eigenvalue weighted by molar-refractivity contribution is 5.71. The summed E-state index contributed by atoms with van der Waals surface area (Å²) in [5, 5.41) is 0. The second kappa shape index (κ2) is 57.4. The van der Waals surface area contributed by atoms with Gasteiger partial charge >= 0.3 is 17.9 Å². The molecule has 0 aromatic carbocycles. The summed E-state index contributed by atoms with van der Waals surface area (Å²) in [7, 11) is 0. The molecule has 0 aromatic rings. The summed E-state index contributed by atoms with van der Waals surface area (Å²) < 4.78 is 16.9. The fourth-order valence-electron chi connectivity index (χ4n) is 8.29. The largest absolute Gasteiger partial charge is 0.462 e. The third kappa shape index (κ3) is 55.6. The Morgan fingerprint density at radius 1 is 0.304 bits per heavy atom. The van der Waals surface area contributed by atoms with E-state index in [4.69, 9.17) is 14.2 Å². The molecular weight excluding hydrogens is 853 g/mol. The first-order valence-corrected chi connectivity index (χ1v) is 29.4. The molecule has 0 aromatic heterocycles. The van der Waals surface area contributed by atoms with Gasteiger partial charge in [0.2, 0.25) is 0 Å². The average Bonchev–Trinajstić information content (AvgIpc) is 3.35. The van der Waals surface area contributed by atoms with Crippen LogP contribution >= 0.6 is 0 Å². The monoisotopic (exact) mass is 963 g/mol. The summed E-state index contributed by atoms with van der Waals surface area (Å²) in [4.78, 5) is 38.2. The van der Waals surface area contributed by atoms with E-state index < -0.39 is 6.10 Å². The molecular formula is C63H110O6. The number of rotatable bonds is 53. The highest BCUT2D eigenvalue weighted by Crippen LogP contribution is 2.16. The fourth-order valence-corrected chi connectivity index (χ4v) is 8.29. The average molecular weight is 964 g/mol. The quantitative estimate of drug-likeness (QED) is 0.0262. The van der Waals surface area contributed by atoms with Crippen molar-refractivity contribution in [3.05, 3.63) is 72.9 Å². The molecule has 0 rings (SSSR count). The van der Waals surface area contributed by atoms with Crippen molar-refractivity contribution < 1.29 is 28.6 Å². The van der Waals surface area contributed by atoms with Crippen LogP contribution in [0, 0.1) is 0 Å². The zero-order chi connectivity index (χ0) is 50.0. The lowest BCUT2D eigenvalue weighted by Crippen LogP contribution is -2.30. The first-order chi connectivity index (χ1) is 34.0. The second-order valence-electron chi connectivity index (χ2n) is 19.5. The van der Waals surface area contributed by atoms with Crippen LogP contribution in [0.3, 0.4) is 0 Å². The molecule has 0 aliphatic rings. The minimum absolute atomic E-state index is 0.0886. The van der Waals surface area contributed by atoms with E-state index in [9.17, 15) is 14.4 Å². The highest BCUT2D eigenvalue weighted by Gasteiger charge is 2.19. The SMILES string of the molecule is CC/C=C\C/C=C\C/C=C\C/C=C\CCCCC(=O)OC[C@H](COC(=O)CCCCCCCCCCC/C=C\C/C=C\CCCCC)OC(=O)CCCCCCCCCCCCCCCCCCC. The van der Waals surface area contributed by atoms with Crippen molar-refractivity contribution in [3.8, 4) is 0 Å². The third-order valence-corrected chi connectivity index (χ3v) is 12.7. The minimum Gasteiger partial charge on any atom is -0.462 e. The van der Waals surface area contributed by atoms with Crippen LogP contribution in [0.15, 0.2) is 72.9 Å². The van der Waals surface area contributed by atoms with Crippen molar-refractivity contribution in [2.45, 2.75) is 297 Å². The Labute approximate surface area is 427 Å². The molecule has 0 saturated heterocycles. The van der Waals surface area contributed by atoms with E-state index >= 15 is 0 Å². The molecule has 0 N–H and O–H groups in total. The summed E-state index contributed by atoms with van der Waals surface area (Å²) >= 11 is 0. The van der Waals surface area contributed by atoms with Crippen LogP contribution in [0.1, 0.15) is 290 Å². The number of unbranched alkanes of at least 4 members (excludes halogenated alkanes) is 30. The molecule has 69 heavy (non-hydrogen) atoms. The Hall–Kier alpha value is -3.15. The van der Waals surface area contributed by atoms with Gasteiger partial charge in [-0.1, -0.05) is 254 Å². The number of esters is 3. The predicted molar refractivity (Wildman–Crippen MR) is 298 cm³/mol. The highest BCUT2D eigenvalue weighted by atomic mass is 16.6. The summed E-state index contributed by atoms with van der Waals surface area (Å²) in [6.07, 6.45) is 73.2. The van der Waals surface area contributed by atoms with E-state index in [-0.39, 0.29) is 31.1 Å². The van der Waals surface area contributed by atoms with Crippen molar-refractivity contribution in [2.75, 3.05) is 13.2 Å². The maximum atomic E-state index is 12.9. The van der Waals surface area contributed by atoms with Crippen molar-refractivity contribution in [1.82, 2.24) is 0 Å². The molecule has 0 radical (unpaired) electrons. The van der Waals surface area contributed by atoms with Gasteiger partial charge in [-0.25, -0.2) is 0 Å². The number of carbonyl (C=O) groups excluding carboxylic acids is 3. The third-order valence-electron chi connectivity index (χ3n) is 12.7. The van der Waals surface area contributed by atoms with Gasteiger partial charge in [-0.15, -0.1) is 0 Å². The zero-order valence-corrected chi connectivity index (χ0v) is 45.6. The summed E-state index contributed by atoms with van der Waals surface area (Å²) in [6, 6.07) is 0. The van der Waals surface area contributed by atoms with Crippen molar-refractivity contribution in [1.29, 1.82) is 0 Å². The van der Waals surface area contributed by atoms with Crippen molar-refractivity contribution >= 4 is 17.9 Å². The van der Waals surface area contributed by atoms with Crippen LogP contribution in [0.5, 0.6) is 0 Å². The standard InChI is InChI=1S/C63H110O6/c1-4-7-10-13-16-19-22-25-28-30-31-33-35-38-41-44-47-50-53-56-62(65)68-59-60(58-67-61(64)55-52-49-46-43-40-37-34-27-24-21-18-15-12-9-6-3)69-63(66)57-54-51-48-45-42-39-36-32-29-26-23-20-17-14-11-8-5-2/h9,12,16,18-19,21,25,27-28,34,40,43,60H,4-8,10-11,13-15,17,20,22-24,26,29-33,35-39,41-42,44-59H2,1-3H3/b12-9-,19-16-,21-18-,28-25-,34-27-,43-40-/t60-/m1/s1. The lowest BCUT2D eigenvalue weighted by molar-refractivity contribution is -0.167. The first kappa shape index (κ1) is 65.8. The minimum atomic E-state index is -0.793. The van der Waals surface area contributed by atoms with Gasteiger partial charge in [-0.05, 0) is 89.9 Å². The summed E-state index contributed by atoms with van der Waals surface area (Å²) in [6.45, 7) is 6.49. The van der Waals surface area contributed by atoms with Gasteiger partial charge in [0.25, 0.3) is 0 Å². The number of ether oxygens (including phenoxy) is 3. The smallest absolute Gasteiger partial charge is 0.306 e. The molecule has 0 bridgehead atoms. The van der Waals surface area contributed by atoms with Crippen LogP contribution < -0.4 is 0 Å². The maximum Gasteiger partial charge on any atom is 0.306 e. The van der Waals surface area contributed by atoms with Crippen molar-refractivity contribution in [2.24, 2.45) is 0 Å². The Kier molecular flexibility index (Phi) is 54.8. The number of carbonyl (C=O) groups is 3. The van der Waals surface area contributed by atoms with Crippen LogP contribution in [0.25, 0.3) is 0 Å². The maximum absolute atomic E-state index is 12.9. The molecule has 0 saturated carbocycles. The van der Waals surface area contributed by atoms with E-state index in [1.807, 2.05) is 0 Å². The molecule has 0 aliphatic heterocycles. The van der Waals surface area contributed by atoms with E-state index in [0.717, 1.165) is 89.9 Å². The molecule has 0 spiro atoms. The van der Waals surface area contributed by atoms with Gasteiger partial charge in [0.05, 0.1) is 0 Å². The van der Waals surface area contributed by atoms with E-state index in [0.29, 0.717) is 19.3 Å². The lowest BCUT2D eigenvalue weighted by Gasteiger charge is -2.18. The number of allylic oxidation sites excluding steroid dienone is 12. The lowest BCUT2D eigenvalue weighted by atomic mass is 10.0. The Morgan fingerprint density at radius 2 is 0.565 bits per heavy atom. The van der Waals surface area contributed by atoms with E-state index in [1.165, 1.54) is 161 Å². The van der Waals surface area contributed by atoms with Crippen molar-refractivity contribution in [3.63, 3.8) is 0 Å². The molecule has 1 atom stereocenters. The summed E-state index contributed by atoms with van der Waals surface area (Å²) in [5.41, 5.74) is 0. The molecule has 0 amide bonds. The van der Waals surface area contributed by atoms with Crippen LogP contribution in [-0.2, 0) is 28.6 Å². The van der Waals surface area contributed by atoms with Crippen LogP contribution in [-0.4, -0.2) is 37.2 Å². The normalized spacial score (nSPS) is 12.6. The molecule has 0 heterocycles. The number of hydrogen-bond donors (Lipinski definition) is 0. The van der Waals surface area contributed by atoms with Gasteiger partial charge in [0.15, 0.2) is 6.10 Å². The van der Waals surface area contributed by atoms with Gasteiger partial charge < -0.3 is 14.2 Å². The van der Waals surface area contributed by atoms with E-state index in [2.05, 4.69) is 93.7 Å². The van der Waals surface area contributed by atoms with Crippen LogP contribution in [0.2, 0.25) is 0 Å². The molecule has 398 valence electrons.